The summed E-state index contributed by atoms with van der Waals surface area (Å²) in [5.41, 5.74) is 5.71. The SMILES string of the molecule is CCC(CC)N(C)C(=O)C(C)C(C)N. The first-order chi connectivity index (χ1) is 6.45. The lowest BCUT2D eigenvalue weighted by Crippen LogP contribution is -2.44. The molecule has 0 aliphatic carbocycles. The minimum atomic E-state index is -0.0828. The van der Waals surface area contributed by atoms with Crippen LogP contribution in [0, 0.1) is 5.92 Å². The van der Waals surface area contributed by atoms with E-state index in [0.717, 1.165) is 12.8 Å². The molecule has 0 aromatic carbocycles. The highest BCUT2D eigenvalue weighted by Crippen LogP contribution is 2.12. The Balaban J connectivity index is 4.36. The molecule has 84 valence electrons. The average molecular weight is 200 g/mol. The van der Waals surface area contributed by atoms with Gasteiger partial charge in [-0.3, -0.25) is 4.79 Å². The van der Waals surface area contributed by atoms with Gasteiger partial charge in [0.1, 0.15) is 0 Å². The van der Waals surface area contributed by atoms with E-state index < -0.39 is 0 Å². The molecule has 14 heavy (non-hydrogen) atoms. The minimum Gasteiger partial charge on any atom is -0.343 e. The summed E-state index contributed by atoms with van der Waals surface area (Å²) >= 11 is 0. The van der Waals surface area contributed by atoms with Gasteiger partial charge in [0.25, 0.3) is 0 Å². The Kier molecular flexibility index (Phi) is 5.77. The number of rotatable bonds is 5. The maximum absolute atomic E-state index is 11.9. The molecule has 0 saturated carbocycles. The molecule has 0 bridgehead atoms. The van der Waals surface area contributed by atoms with Gasteiger partial charge in [0.15, 0.2) is 0 Å². The Morgan fingerprint density at radius 2 is 1.71 bits per heavy atom. The predicted octanol–water partition coefficient (Wildman–Crippen LogP) is 1.62. The van der Waals surface area contributed by atoms with Gasteiger partial charge in [0.05, 0.1) is 5.92 Å². The lowest BCUT2D eigenvalue weighted by molar-refractivity contribution is -0.136. The first-order valence-electron chi connectivity index (χ1n) is 5.47. The molecule has 0 radical (unpaired) electrons. The normalized spacial score (nSPS) is 15.4. The van der Waals surface area contributed by atoms with Gasteiger partial charge in [0.2, 0.25) is 5.91 Å². The van der Waals surface area contributed by atoms with Crippen LogP contribution in [0.3, 0.4) is 0 Å². The Morgan fingerprint density at radius 1 is 1.29 bits per heavy atom. The van der Waals surface area contributed by atoms with Crippen LogP contribution in [0.25, 0.3) is 0 Å². The van der Waals surface area contributed by atoms with Gasteiger partial charge in [-0.1, -0.05) is 20.8 Å². The van der Waals surface area contributed by atoms with Gasteiger partial charge in [-0.15, -0.1) is 0 Å². The molecule has 0 saturated heterocycles. The zero-order valence-corrected chi connectivity index (χ0v) is 10.1. The van der Waals surface area contributed by atoms with E-state index in [-0.39, 0.29) is 17.9 Å². The Hall–Kier alpha value is -0.570. The summed E-state index contributed by atoms with van der Waals surface area (Å²) in [6.07, 6.45) is 2.01. The smallest absolute Gasteiger partial charge is 0.226 e. The molecule has 0 aliphatic rings. The van der Waals surface area contributed by atoms with E-state index in [2.05, 4.69) is 13.8 Å². The minimum absolute atomic E-state index is 0.0701. The van der Waals surface area contributed by atoms with E-state index in [9.17, 15) is 4.79 Å². The average Bonchev–Trinajstić information content (AvgIpc) is 2.17. The van der Waals surface area contributed by atoms with Crippen molar-refractivity contribution in [2.45, 2.75) is 52.6 Å². The molecule has 0 spiro atoms. The van der Waals surface area contributed by atoms with Gasteiger partial charge < -0.3 is 10.6 Å². The van der Waals surface area contributed by atoms with Crippen molar-refractivity contribution in [3.63, 3.8) is 0 Å². The van der Waals surface area contributed by atoms with Crippen LogP contribution in [0.15, 0.2) is 0 Å². The van der Waals surface area contributed by atoms with Crippen LogP contribution in [0.4, 0.5) is 0 Å². The summed E-state index contributed by atoms with van der Waals surface area (Å²) in [6.45, 7) is 7.98. The van der Waals surface area contributed by atoms with E-state index in [1.807, 2.05) is 25.8 Å². The van der Waals surface area contributed by atoms with Crippen molar-refractivity contribution in [3.8, 4) is 0 Å². The van der Waals surface area contributed by atoms with E-state index in [1.165, 1.54) is 0 Å². The Bertz CT molecular complexity index is 176. The van der Waals surface area contributed by atoms with E-state index in [1.54, 1.807) is 0 Å². The zero-order valence-electron chi connectivity index (χ0n) is 10.1. The maximum Gasteiger partial charge on any atom is 0.226 e. The van der Waals surface area contributed by atoms with Crippen molar-refractivity contribution >= 4 is 5.91 Å². The van der Waals surface area contributed by atoms with Crippen molar-refractivity contribution < 1.29 is 4.79 Å². The number of hydrogen-bond acceptors (Lipinski definition) is 2. The second-order valence-electron chi connectivity index (χ2n) is 4.07. The third-order valence-electron chi connectivity index (χ3n) is 3.02. The zero-order chi connectivity index (χ0) is 11.3. The molecule has 0 aromatic rings. The first kappa shape index (κ1) is 13.4. The number of nitrogens with zero attached hydrogens (tertiary/aromatic N) is 1. The van der Waals surface area contributed by atoms with Crippen LogP contribution in [0.5, 0.6) is 0 Å². The fourth-order valence-electron chi connectivity index (χ4n) is 1.56. The van der Waals surface area contributed by atoms with Crippen LogP contribution < -0.4 is 5.73 Å². The van der Waals surface area contributed by atoms with Crippen molar-refractivity contribution in [1.82, 2.24) is 4.90 Å². The molecule has 1 amide bonds. The summed E-state index contributed by atoms with van der Waals surface area (Å²) in [5, 5.41) is 0. The molecule has 0 aliphatic heterocycles. The van der Waals surface area contributed by atoms with Crippen LogP contribution in [0.2, 0.25) is 0 Å². The highest BCUT2D eigenvalue weighted by molar-refractivity contribution is 5.79. The maximum atomic E-state index is 11.9. The highest BCUT2D eigenvalue weighted by Gasteiger charge is 2.24. The second kappa shape index (κ2) is 6.02. The van der Waals surface area contributed by atoms with E-state index >= 15 is 0 Å². The van der Waals surface area contributed by atoms with E-state index in [4.69, 9.17) is 5.73 Å². The van der Waals surface area contributed by atoms with Crippen LogP contribution in [-0.4, -0.2) is 29.9 Å². The predicted molar refractivity (Wildman–Crippen MR) is 60.0 cm³/mol. The van der Waals surface area contributed by atoms with Gasteiger partial charge >= 0.3 is 0 Å². The van der Waals surface area contributed by atoms with Crippen LogP contribution in [0.1, 0.15) is 40.5 Å². The monoisotopic (exact) mass is 200 g/mol. The van der Waals surface area contributed by atoms with Gasteiger partial charge in [-0.2, -0.15) is 0 Å². The number of amides is 1. The van der Waals surface area contributed by atoms with Crippen LogP contribution in [-0.2, 0) is 4.79 Å². The van der Waals surface area contributed by atoms with Crippen LogP contribution >= 0.6 is 0 Å². The van der Waals surface area contributed by atoms with Gasteiger partial charge in [-0.05, 0) is 19.8 Å². The standard InChI is InChI=1S/C11H24N2O/c1-6-10(7-2)13(5)11(14)8(3)9(4)12/h8-10H,6-7,12H2,1-5H3. The molecule has 3 nitrogen and oxygen atoms in total. The fourth-order valence-corrected chi connectivity index (χ4v) is 1.56. The molecular formula is C11H24N2O. The number of nitrogens with two attached hydrogens (primary N) is 1. The summed E-state index contributed by atoms with van der Waals surface area (Å²) in [5.74, 6) is 0.0781. The Labute approximate surface area is 87.6 Å². The molecule has 0 rings (SSSR count). The molecule has 2 N–H and O–H groups in total. The van der Waals surface area contributed by atoms with Crippen molar-refractivity contribution in [2.24, 2.45) is 11.7 Å². The summed E-state index contributed by atoms with van der Waals surface area (Å²) < 4.78 is 0. The highest BCUT2D eigenvalue weighted by atomic mass is 16.2. The number of carbonyl (C=O) groups excluding carboxylic acids is 1. The summed E-state index contributed by atoms with van der Waals surface area (Å²) in [7, 11) is 1.87. The topological polar surface area (TPSA) is 46.3 Å². The largest absolute Gasteiger partial charge is 0.343 e. The fraction of sp³-hybridized carbons (Fsp3) is 0.909. The molecule has 2 atom stereocenters. The van der Waals surface area contributed by atoms with E-state index in [0.29, 0.717) is 6.04 Å². The van der Waals surface area contributed by atoms with Gasteiger partial charge in [-0.25, -0.2) is 0 Å². The quantitative estimate of drug-likeness (QED) is 0.733. The van der Waals surface area contributed by atoms with Crippen molar-refractivity contribution in [3.05, 3.63) is 0 Å². The molecule has 0 fully saturated rings. The lowest BCUT2D eigenvalue weighted by Gasteiger charge is -2.30. The van der Waals surface area contributed by atoms with Crippen molar-refractivity contribution in [2.75, 3.05) is 7.05 Å². The molecule has 2 unspecified atom stereocenters. The molecular weight excluding hydrogens is 176 g/mol. The number of hydrogen-bond donors (Lipinski definition) is 1. The second-order valence-corrected chi connectivity index (χ2v) is 4.07. The summed E-state index contributed by atoms with van der Waals surface area (Å²) in [6, 6.07) is 0.281. The first-order valence-corrected chi connectivity index (χ1v) is 5.47. The third-order valence-corrected chi connectivity index (χ3v) is 3.02. The molecule has 0 aromatic heterocycles. The summed E-state index contributed by atoms with van der Waals surface area (Å²) in [4.78, 5) is 13.7. The van der Waals surface area contributed by atoms with Crippen molar-refractivity contribution in [1.29, 1.82) is 0 Å². The molecule has 0 heterocycles. The third kappa shape index (κ3) is 3.29. The van der Waals surface area contributed by atoms with Gasteiger partial charge in [0, 0.05) is 19.1 Å². The Morgan fingerprint density at radius 3 is 2.00 bits per heavy atom. The lowest BCUT2D eigenvalue weighted by atomic mass is 10.0. The number of carbonyl (C=O) groups is 1. The molecule has 3 heteroatoms.